The predicted molar refractivity (Wildman–Crippen MR) is 66.3 cm³/mol. The van der Waals surface area contributed by atoms with E-state index in [4.69, 9.17) is 11.6 Å². The molecule has 1 aromatic carbocycles. The van der Waals surface area contributed by atoms with Gasteiger partial charge in [-0.1, -0.05) is 34.5 Å². The number of thiophene rings is 1. The Morgan fingerprint density at radius 3 is 2.77 bits per heavy atom. The largest absolute Gasteiger partial charge is 0.144 e. The van der Waals surface area contributed by atoms with Crippen LogP contribution in [0.3, 0.4) is 0 Å². The van der Waals surface area contributed by atoms with Crippen molar-refractivity contribution < 1.29 is 0 Å². The van der Waals surface area contributed by atoms with Crippen LogP contribution in [0.1, 0.15) is 6.92 Å². The molecule has 0 aliphatic heterocycles. The van der Waals surface area contributed by atoms with Crippen molar-refractivity contribution >= 4 is 49.0 Å². The number of alkyl halides is 1. The number of fused-ring (bicyclic) bond motifs is 1. The fourth-order valence-electron chi connectivity index (χ4n) is 0.938. The van der Waals surface area contributed by atoms with Crippen LogP contribution >= 0.6 is 38.9 Å². The topological polar surface area (TPSA) is 0 Å². The first kappa shape index (κ1) is 11.0. The van der Waals surface area contributed by atoms with Crippen molar-refractivity contribution in [1.29, 1.82) is 0 Å². The third kappa shape index (κ3) is 3.29. The zero-order chi connectivity index (χ0) is 9.68. The number of hydrogen-bond acceptors (Lipinski definition) is 1. The van der Waals surface area contributed by atoms with Gasteiger partial charge in [-0.05, 0) is 35.0 Å². The lowest BCUT2D eigenvalue weighted by molar-refractivity contribution is 1.56. The van der Waals surface area contributed by atoms with E-state index in [1.807, 2.05) is 25.1 Å². The maximum absolute atomic E-state index is 5.78. The van der Waals surface area contributed by atoms with E-state index >= 15 is 0 Å². The van der Waals surface area contributed by atoms with Crippen LogP contribution in [0.15, 0.2) is 29.6 Å². The molecule has 0 saturated carbocycles. The van der Waals surface area contributed by atoms with Gasteiger partial charge in [-0.3, -0.25) is 0 Å². The minimum Gasteiger partial charge on any atom is -0.144 e. The normalized spacial score (nSPS) is 9.46. The van der Waals surface area contributed by atoms with E-state index < -0.39 is 0 Å². The van der Waals surface area contributed by atoms with Gasteiger partial charge in [0.05, 0.1) is 0 Å². The summed E-state index contributed by atoms with van der Waals surface area (Å²) in [6, 6.07) is 8.02. The van der Waals surface area contributed by atoms with Crippen LogP contribution in [0.25, 0.3) is 10.1 Å². The molecule has 0 saturated heterocycles. The maximum atomic E-state index is 5.78. The molecule has 2 aromatic rings. The third-order valence-corrected chi connectivity index (χ3v) is 2.55. The average Bonchev–Trinajstić information content (AvgIpc) is 2.52. The Kier molecular flexibility index (Phi) is 4.78. The molecule has 1 aromatic heterocycles. The second kappa shape index (κ2) is 5.63. The maximum Gasteiger partial charge on any atom is 0.0412 e. The number of hydrogen-bond donors (Lipinski definition) is 0. The zero-order valence-electron chi connectivity index (χ0n) is 7.26. The molecule has 0 aliphatic carbocycles. The summed E-state index contributed by atoms with van der Waals surface area (Å²) in [5.41, 5.74) is 0. The van der Waals surface area contributed by atoms with Crippen molar-refractivity contribution in [2.45, 2.75) is 6.92 Å². The quantitative estimate of drug-likeness (QED) is 0.597. The summed E-state index contributed by atoms with van der Waals surface area (Å²) in [7, 11) is 0. The number of rotatable bonds is 0. The molecule has 0 atom stereocenters. The molecule has 70 valence electrons. The number of benzene rings is 1. The molecule has 1 heterocycles. The Balaban J connectivity index is 0.000000251. The molecule has 0 nitrogen and oxygen atoms in total. The monoisotopic (exact) mass is 276 g/mol. The highest BCUT2D eigenvalue weighted by atomic mass is 79.9. The SMILES string of the molecule is CCBr.Clc1ccc2sccc2c1. The van der Waals surface area contributed by atoms with Crippen LogP contribution in [0.4, 0.5) is 0 Å². The van der Waals surface area contributed by atoms with Crippen molar-refractivity contribution in [3.05, 3.63) is 34.7 Å². The van der Waals surface area contributed by atoms with Crippen molar-refractivity contribution in [2.24, 2.45) is 0 Å². The van der Waals surface area contributed by atoms with E-state index in [0.717, 1.165) is 10.4 Å². The van der Waals surface area contributed by atoms with Crippen LogP contribution in [0, 0.1) is 0 Å². The Morgan fingerprint density at radius 2 is 2.08 bits per heavy atom. The summed E-state index contributed by atoms with van der Waals surface area (Å²) in [6.07, 6.45) is 0. The minimum absolute atomic E-state index is 0.811. The molecule has 0 N–H and O–H groups in total. The van der Waals surface area contributed by atoms with Gasteiger partial charge in [-0.2, -0.15) is 0 Å². The third-order valence-electron chi connectivity index (χ3n) is 1.41. The van der Waals surface area contributed by atoms with Gasteiger partial charge in [0.1, 0.15) is 0 Å². The lowest BCUT2D eigenvalue weighted by atomic mass is 10.3. The van der Waals surface area contributed by atoms with Gasteiger partial charge in [0.25, 0.3) is 0 Å². The van der Waals surface area contributed by atoms with E-state index in [0.29, 0.717) is 0 Å². The fourth-order valence-corrected chi connectivity index (χ4v) is 1.89. The first-order chi connectivity index (χ1) is 6.27. The second-order valence-corrected chi connectivity index (χ2v) is 4.88. The molecule has 0 spiro atoms. The van der Waals surface area contributed by atoms with Gasteiger partial charge in [0.15, 0.2) is 0 Å². The summed E-state index contributed by atoms with van der Waals surface area (Å²) in [4.78, 5) is 0. The van der Waals surface area contributed by atoms with Crippen LogP contribution in [-0.4, -0.2) is 5.33 Å². The molecule has 3 heteroatoms. The van der Waals surface area contributed by atoms with Crippen molar-refractivity contribution in [3.63, 3.8) is 0 Å². The summed E-state index contributed by atoms with van der Waals surface area (Å²) in [5, 5.41) is 5.18. The minimum atomic E-state index is 0.811. The number of halogens is 2. The molecule has 0 radical (unpaired) electrons. The molecule has 0 aliphatic rings. The van der Waals surface area contributed by atoms with Crippen LogP contribution in [0.5, 0.6) is 0 Å². The van der Waals surface area contributed by atoms with Gasteiger partial charge in [0.2, 0.25) is 0 Å². The standard InChI is InChI=1S/C8H5ClS.C2H5Br/c9-7-1-2-8-6(5-7)3-4-10-8;1-2-3/h1-5H;2H2,1H3. The van der Waals surface area contributed by atoms with Gasteiger partial charge in [0, 0.05) is 15.1 Å². The molecule has 0 unspecified atom stereocenters. The molecule has 13 heavy (non-hydrogen) atoms. The van der Waals surface area contributed by atoms with E-state index in [1.54, 1.807) is 11.3 Å². The Hall–Kier alpha value is -0.0500. The zero-order valence-corrected chi connectivity index (χ0v) is 10.4. The van der Waals surface area contributed by atoms with Crippen molar-refractivity contribution in [1.82, 2.24) is 0 Å². The summed E-state index contributed by atoms with van der Waals surface area (Å²) < 4.78 is 1.30. The van der Waals surface area contributed by atoms with Gasteiger partial charge in [-0.25, -0.2) is 0 Å². The highest BCUT2D eigenvalue weighted by molar-refractivity contribution is 9.09. The van der Waals surface area contributed by atoms with Gasteiger partial charge in [-0.15, -0.1) is 11.3 Å². The summed E-state index contributed by atoms with van der Waals surface area (Å²) in [5.74, 6) is 0. The molecule has 0 amide bonds. The van der Waals surface area contributed by atoms with Crippen LogP contribution in [0.2, 0.25) is 5.02 Å². The molecular formula is C10H10BrClS. The highest BCUT2D eigenvalue weighted by Crippen LogP contribution is 2.23. The Labute approximate surface area is 95.7 Å². The summed E-state index contributed by atoms with van der Waals surface area (Å²) >= 11 is 10.7. The fraction of sp³-hybridized carbons (Fsp3) is 0.200. The first-order valence-corrected chi connectivity index (χ1v) is 6.34. The smallest absolute Gasteiger partial charge is 0.0412 e. The lowest BCUT2D eigenvalue weighted by Crippen LogP contribution is -1.61. The van der Waals surface area contributed by atoms with Crippen LogP contribution in [-0.2, 0) is 0 Å². The predicted octanol–water partition coefficient (Wildman–Crippen LogP) is 4.96. The molecule has 0 fully saturated rings. The molecule has 0 bridgehead atoms. The van der Waals surface area contributed by atoms with Crippen molar-refractivity contribution in [3.8, 4) is 0 Å². The molecular weight excluding hydrogens is 268 g/mol. The Morgan fingerprint density at radius 1 is 1.38 bits per heavy atom. The second-order valence-electron chi connectivity index (χ2n) is 2.37. The first-order valence-electron chi connectivity index (χ1n) is 3.96. The molecule has 2 rings (SSSR count). The van der Waals surface area contributed by atoms with E-state index in [2.05, 4.69) is 27.4 Å². The van der Waals surface area contributed by atoms with Gasteiger partial charge < -0.3 is 0 Å². The lowest BCUT2D eigenvalue weighted by Gasteiger charge is -1.88. The Bertz CT molecular complexity index is 370. The van der Waals surface area contributed by atoms with E-state index in [9.17, 15) is 0 Å². The van der Waals surface area contributed by atoms with Gasteiger partial charge >= 0.3 is 0 Å². The average molecular weight is 278 g/mol. The van der Waals surface area contributed by atoms with E-state index in [1.165, 1.54) is 10.1 Å². The highest BCUT2D eigenvalue weighted by Gasteiger charge is 1.93. The van der Waals surface area contributed by atoms with E-state index in [-0.39, 0.29) is 0 Å². The van der Waals surface area contributed by atoms with Crippen LogP contribution < -0.4 is 0 Å². The summed E-state index contributed by atoms with van der Waals surface area (Å²) in [6.45, 7) is 2.04. The van der Waals surface area contributed by atoms with Crippen molar-refractivity contribution in [2.75, 3.05) is 5.33 Å².